The third-order valence-corrected chi connectivity index (χ3v) is 6.09. The number of pyridine rings is 2. The molecule has 5 rings (SSSR count). The molecule has 2 N–H and O–H groups in total. The monoisotopic (exact) mass is 570 g/mol. The molecule has 3 aromatic heterocycles. The molecule has 3 heterocycles. The van der Waals surface area contributed by atoms with Crippen LogP contribution >= 0.6 is 11.6 Å². The van der Waals surface area contributed by atoms with Crippen LogP contribution in [0.3, 0.4) is 0 Å². The van der Waals surface area contributed by atoms with E-state index in [1.807, 2.05) is 6.07 Å². The second kappa shape index (κ2) is 11.1. The number of benzene rings is 2. The van der Waals surface area contributed by atoms with Gasteiger partial charge in [-0.05, 0) is 29.8 Å². The van der Waals surface area contributed by atoms with Crippen molar-refractivity contribution in [3.63, 3.8) is 0 Å². The predicted octanol–water partition coefficient (Wildman–Crippen LogP) is 6.37. The van der Waals surface area contributed by atoms with Gasteiger partial charge in [0.05, 0.1) is 45.9 Å². The molecule has 8 nitrogen and oxygen atoms in total. The number of halogens is 6. The van der Waals surface area contributed by atoms with Crippen molar-refractivity contribution >= 4 is 39.6 Å². The molecule has 5 aromatic rings. The summed E-state index contributed by atoms with van der Waals surface area (Å²) in [7, 11) is 0. The third kappa shape index (κ3) is 5.62. The number of nitrogens with one attached hydrogen (secondary N) is 2. The van der Waals surface area contributed by atoms with E-state index in [0.717, 1.165) is 16.9 Å². The van der Waals surface area contributed by atoms with E-state index in [2.05, 4.69) is 30.9 Å². The fraction of sp³-hybridized carbons (Fsp3) is 0.115. The smallest absolute Gasteiger partial charge is 0.257 e. The highest BCUT2D eigenvalue weighted by atomic mass is 35.5. The summed E-state index contributed by atoms with van der Waals surface area (Å²) >= 11 is 6.54. The highest BCUT2D eigenvalue weighted by molar-refractivity contribution is 6.36. The van der Waals surface area contributed by atoms with E-state index >= 15 is 0 Å². The number of hydrogen-bond acceptors (Lipinski definition) is 7. The quantitative estimate of drug-likeness (QED) is 0.165. The Morgan fingerprint density at radius 1 is 1.00 bits per heavy atom. The Morgan fingerprint density at radius 3 is 2.48 bits per heavy atom. The van der Waals surface area contributed by atoms with Crippen LogP contribution in [0, 0.1) is 28.9 Å². The van der Waals surface area contributed by atoms with Crippen molar-refractivity contribution in [3.05, 3.63) is 100 Å². The van der Waals surface area contributed by atoms with Crippen molar-refractivity contribution < 1.29 is 22.0 Å². The van der Waals surface area contributed by atoms with Crippen molar-refractivity contribution in [3.8, 4) is 6.07 Å². The molecular formula is C26H16ClF5N8. The van der Waals surface area contributed by atoms with Gasteiger partial charge in [0.15, 0.2) is 5.82 Å². The first-order chi connectivity index (χ1) is 19.2. The first kappa shape index (κ1) is 26.8. The zero-order chi connectivity index (χ0) is 28.4. The molecule has 40 heavy (non-hydrogen) atoms. The summed E-state index contributed by atoms with van der Waals surface area (Å²) in [4.78, 5) is 7.60. The molecule has 0 radical (unpaired) electrons. The predicted molar refractivity (Wildman–Crippen MR) is 137 cm³/mol. The molecule has 0 spiro atoms. The van der Waals surface area contributed by atoms with Crippen LogP contribution in [-0.4, -0.2) is 31.4 Å². The van der Waals surface area contributed by atoms with Gasteiger partial charge in [-0.1, -0.05) is 28.9 Å². The number of alkyl halides is 2. The Bertz CT molecular complexity index is 1740. The molecule has 1 unspecified atom stereocenters. The molecule has 0 aliphatic carbocycles. The van der Waals surface area contributed by atoms with Crippen molar-refractivity contribution in [2.75, 3.05) is 10.6 Å². The van der Waals surface area contributed by atoms with Crippen LogP contribution in [-0.2, 0) is 6.54 Å². The molecule has 0 fully saturated rings. The van der Waals surface area contributed by atoms with Crippen LogP contribution in [0.4, 0.5) is 39.0 Å². The second-order valence-electron chi connectivity index (χ2n) is 8.52. The number of rotatable bonds is 8. The Morgan fingerprint density at radius 2 is 1.77 bits per heavy atom. The van der Waals surface area contributed by atoms with Crippen LogP contribution in [0.1, 0.15) is 22.9 Å². The van der Waals surface area contributed by atoms with Crippen molar-refractivity contribution in [2.24, 2.45) is 0 Å². The van der Waals surface area contributed by atoms with Gasteiger partial charge in [0.1, 0.15) is 24.1 Å². The lowest BCUT2D eigenvalue weighted by molar-refractivity contribution is 0.121. The summed E-state index contributed by atoms with van der Waals surface area (Å²) in [5.41, 5.74) is 1.83. The van der Waals surface area contributed by atoms with E-state index < -0.39 is 36.6 Å². The van der Waals surface area contributed by atoms with Crippen molar-refractivity contribution in [1.29, 1.82) is 5.26 Å². The topological polar surface area (TPSA) is 104 Å². The van der Waals surface area contributed by atoms with Crippen LogP contribution in [0.25, 0.3) is 10.9 Å². The molecule has 0 saturated carbocycles. The van der Waals surface area contributed by atoms with Crippen LogP contribution in [0.15, 0.2) is 61.1 Å². The molecular weight excluding hydrogens is 555 g/mol. The first-order valence-corrected chi connectivity index (χ1v) is 11.9. The zero-order valence-corrected chi connectivity index (χ0v) is 20.8. The lowest BCUT2D eigenvalue weighted by Crippen LogP contribution is -2.13. The second-order valence-corrected chi connectivity index (χ2v) is 8.93. The van der Waals surface area contributed by atoms with E-state index in [9.17, 15) is 27.2 Å². The number of anilines is 3. The van der Waals surface area contributed by atoms with Gasteiger partial charge in [0.25, 0.3) is 6.43 Å². The van der Waals surface area contributed by atoms with Gasteiger partial charge in [-0.15, -0.1) is 5.10 Å². The minimum atomic E-state index is -2.65. The standard InChI is InChI=1S/C26H16ClF5N8/c27-19-6-16(36-24(13-1-3-15(28)4-2-13)21-11-40(39-38-21)12-22(30)31)5-18-23(14(8-33)9-34-25(18)19)37-17-7-20(29)26(32)35-10-17/h1-7,9-11,22,24,36H,12H2,(H,34,37). The van der Waals surface area contributed by atoms with Gasteiger partial charge >= 0.3 is 0 Å². The number of fused-ring (bicyclic) bond motifs is 1. The number of hydrogen-bond donors (Lipinski definition) is 2. The van der Waals surface area contributed by atoms with E-state index in [-0.39, 0.29) is 27.7 Å². The fourth-order valence-corrected chi connectivity index (χ4v) is 4.29. The summed E-state index contributed by atoms with van der Waals surface area (Å²) < 4.78 is 67.6. The highest BCUT2D eigenvalue weighted by Gasteiger charge is 2.21. The van der Waals surface area contributed by atoms with Crippen molar-refractivity contribution in [2.45, 2.75) is 19.0 Å². The fourth-order valence-electron chi connectivity index (χ4n) is 4.02. The number of nitrogens with zero attached hydrogens (tertiary/aromatic N) is 6. The number of aromatic nitrogens is 5. The maximum atomic E-state index is 13.8. The van der Waals surface area contributed by atoms with Gasteiger partial charge in [-0.25, -0.2) is 27.2 Å². The average molecular weight is 571 g/mol. The Balaban J connectivity index is 1.59. The summed E-state index contributed by atoms with van der Waals surface area (Å²) in [5.74, 6) is -2.95. The zero-order valence-electron chi connectivity index (χ0n) is 20.1. The van der Waals surface area contributed by atoms with Crippen LogP contribution < -0.4 is 10.6 Å². The highest BCUT2D eigenvalue weighted by Crippen LogP contribution is 2.36. The van der Waals surface area contributed by atoms with Crippen LogP contribution in [0.5, 0.6) is 0 Å². The van der Waals surface area contributed by atoms with Gasteiger partial charge in [0, 0.05) is 23.3 Å². The minimum Gasteiger partial charge on any atom is -0.373 e. The summed E-state index contributed by atoms with van der Waals surface area (Å²) in [6, 6.07) is 10.7. The largest absolute Gasteiger partial charge is 0.373 e. The van der Waals surface area contributed by atoms with Gasteiger partial charge in [0.2, 0.25) is 5.95 Å². The van der Waals surface area contributed by atoms with E-state index in [1.165, 1.54) is 36.7 Å². The molecule has 0 bridgehead atoms. The Labute approximate surface area is 228 Å². The van der Waals surface area contributed by atoms with Gasteiger partial charge in [-0.2, -0.15) is 9.65 Å². The van der Waals surface area contributed by atoms with E-state index in [4.69, 9.17) is 11.6 Å². The first-order valence-electron chi connectivity index (χ1n) is 11.5. The maximum absolute atomic E-state index is 13.8. The molecule has 0 aliphatic rings. The lowest BCUT2D eigenvalue weighted by atomic mass is 10.0. The Kier molecular flexibility index (Phi) is 7.43. The number of nitriles is 1. The summed E-state index contributed by atoms with van der Waals surface area (Å²) in [6.45, 7) is -0.665. The maximum Gasteiger partial charge on any atom is 0.257 e. The van der Waals surface area contributed by atoms with Gasteiger partial charge in [-0.3, -0.25) is 4.98 Å². The normalized spacial score (nSPS) is 11.9. The Hall–Kier alpha value is -4.83. The average Bonchev–Trinajstić information content (AvgIpc) is 3.37. The molecule has 0 aliphatic heterocycles. The lowest BCUT2D eigenvalue weighted by Gasteiger charge is -2.20. The third-order valence-electron chi connectivity index (χ3n) is 5.80. The van der Waals surface area contributed by atoms with Crippen LogP contribution in [0.2, 0.25) is 5.02 Å². The van der Waals surface area contributed by atoms with Gasteiger partial charge < -0.3 is 10.6 Å². The molecule has 1 atom stereocenters. The molecule has 0 amide bonds. The SMILES string of the molecule is N#Cc1cnc2c(Cl)cc(NC(c3ccc(F)cc3)c3cn(CC(F)F)nn3)cc2c1Nc1cnc(F)c(F)c1. The van der Waals surface area contributed by atoms with E-state index in [0.29, 0.717) is 22.2 Å². The molecule has 202 valence electrons. The van der Waals surface area contributed by atoms with Crippen molar-refractivity contribution in [1.82, 2.24) is 25.0 Å². The molecule has 14 heteroatoms. The van der Waals surface area contributed by atoms with E-state index in [1.54, 1.807) is 12.1 Å². The minimum absolute atomic E-state index is 0.0669. The molecule has 2 aromatic carbocycles. The molecule has 0 saturated heterocycles. The summed E-state index contributed by atoms with van der Waals surface area (Å²) in [5, 5.41) is 24.1. The summed E-state index contributed by atoms with van der Waals surface area (Å²) in [6.07, 6.45) is 1.03.